The fraction of sp³-hybridized carbons (Fsp3) is 0.222. The van der Waals surface area contributed by atoms with Crippen molar-refractivity contribution in [2.45, 2.75) is 9.79 Å². The van der Waals surface area contributed by atoms with Crippen LogP contribution in [0.5, 0.6) is 0 Å². The summed E-state index contributed by atoms with van der Waals surface area (Å²) in [6.07, 6.45) is 0. The smallest absolute Gasteiger partial charge is 0.240 e. The number of nitrogens with one attached hydrogen (secondary N) is 4. The van der Waals surface area contributed by atoms with Gasteiger partial charge in [0, 0.05) is 24.2 Å². The van der Waals surface area contributed by atoms with Crippen molar-refractivity contribution in [2.24, 2.45) is 11.5 Å². The molecule has 2 aromatic rings. The van der Waals surface area contributed by atoms with Gasteiger partial charge in [-0.05, 0) is 48.5 Å². The van der Waals surface area contributed by atoms with Crippen LogP contribution in [0.3, 0.4) is 0 Å². The minimum Gasteiger partial charge on any atom is -0.384 e. The van der Waals surface area contributed by atoms with E-state index in [1.165, 1.54) is 48.5 Å². The molecule has 0 atom stereocenters. The number of nitrogen functional groups attached to an aromatic ring is 2. The Morgan fingerprint density at radius 2 is 1.03 bits per heavy atom. The predicted octanol–water partition coefficient (Wildman–Crippen LogP) is -0.472. The third kappa shape index (κ3) is 7.11. The van der Waals surface area contributed by atoms with Crippen LogP contribution < -0.4 is 20.9 Å². The van der Waals surface area contributed by atoms with Gasteiger partial charge in [-0.3, -0.25) is 10.8 Å². The van der Waals surface area contributed by atoms with E-state index in [1.54, 1.807) is 0 Å². The summed E-state index contributed by atoms with van der Waals surface area (Å²) in [6, 6.07) is 11.1. The van der Waals surface area contributed by atoms with E-state index in [1.807, 2.05) is 0 Å². The Morgan fingerprint density at radius 3 is 1.32 bits per heavy atom. The molecule has 0 bridgehead atoms. The Balaban J connectivity index is 1.73. The second kappa shape index (κ2) is 10.5. The van der Waals surface area contributed by atoms with Crippen LogP contribution in [0, 0.1) is 10.8 Å². The molecular formula is C18H24N6O5S2. The molecule has 0 fully saturated rings. The van der Waals surface area contributed by atoms with Gasteiger partial charge in [0.25, 0.3) is 0 Å². The molecule has 0 spiro atoms. The fourth-order valence-electron chi connectivity index (χ4n) is 2.39. The molecule has 0 unspecified atom stereocenters. The Labute approximate surface area is 180 Å². The van der Waals surface area contributed by atoms with Gasteiger partial charge in [0.05, 0.1) is 23.0 Å². The second-order valence-electron chi connectivity index (χ2n) is 6.28. The number of ether oxygens (including phenoxy) is 1. The molecule has 0 aromatic heterocycles. The first kappa shape index (κ1) is 24.4. The highest BCUT2D eigenvalue weighted by Crippen LogP contribution is 2.11. The maximum absolute atomic E-state index is 12.2. The van der Waals surface area contributed by atoms with Gasteiger partial charge in [0.2, 0.25) is 20.0 Å². The van der Waals surface area contributed by atoms with Gasteiger partial charge >= 0.3 is 0 Å². The van der Waals surface area contributed by atoms with E-state index in [4.69, 9.17) is 27.0 Å². The molecule has 0 aliphatic rings. The van der Waals surface area contributed by atoms with Crippen LogP contribution in [0.2, 0.25) is 0 Å². The van der Waals surface area contributed by atoms with Crippen LogP contribution in [-0.4, -0.2) is 54.8 Å². The highest BCUT2D eigenvalue weighted by molar-refractivity contribution is 7.89. The molecule has 168 valence electrons. The highest BCUT2D eigenvalue weighted by Gasteiger charge is 2.15. The summed E-state index contributed by atoms with van der Waals surface area (Å²) in [5, 5.41) is 14.6. The van der Waals surface area contributed by atoms with Gasteiger partial charge in [0.1, 0.15) is 11.7 Å². The van der Waals surface area contributed by atoms with Gasteiger partial charge in [-0.1, -0.05) is 0 Å². The first-order chi connectivity index (χ1) is 14.5. The number of amidine groups is 2. The molecule has 13 heteroatoms. The van der Waals surface area contributed by atoms with E-state index >= 15 is 0 Å². The molecule has 0 amide bonds. The molecule has 0 radical (unpaired) electrons. The quantitative estimate of drug-likeness (QED) is 0.137. The van der Waals surface area contributed by atoms with Crippen molar-refractivity contribution in [2.75, 3.05) is 26.3 Å². The summed E-state index contributed by atoms with van der Waals surface area (Å²) in [5.74, 6) is -0.317. The normalized spacial score (nSPS) is 11.9. The summed E-state index contributed by atoms with van der Waals surface area (Å²) in [6.45, 7) is 0.0751. The molecule has 0 saturated carbocycles. The standard InChI is InChI=1S/C18H24N6O5S2/c19-17(20)13-1-5-15(6-2-13)30(25,26)23-9-11-29-12-10-24-31(27,28)16-7-3-14(4-8-16)18(21)22/h1-8,23-24H,9-12H2,(H3,19,20)(H3,21,22). The molecule has 0 saturated heterocycles. The van der Waals surface area contributed by atoms with Gasteiger partial charge in [-0.2, -0.15) is 0 Å². The van der Waals surface area contributed by atoms with Crippen LogP contribution >= 0.6 is 0 Å². The van der Waals surface area contributed by atoms with Crippen LogP contribution in [-0.2, 0) is 24.8 Å². The molecule has 31 heavy (non-hydrogen) atoms. The largest absolute Gasteiger partial charge is 0.384 e. The van der Waals surface area contributed by atoms with Crippen molar-refractivity contribution in [3.05, 3.63) is 59.7 Å². The van der Waals surface area contributed by atoms with Crippen molar-refractivity contribution in [3.63, 3.8) is 0 Å². The summed E-state index contributed by atoms with van der Waals surface area (Å²) < 4.78 is 58.8. The van der Waals surface area contributed by atoms with Crippen molar-refractivity contribution in [3.8, 4) is 0 Å². The van der Waals surface area contributed by atoms with Gasteiger partial charge < -0.3 is 16.2 Å². The van der Waals surface area contributed by atoms with E-state index in [0.29, 0.717) is 11.1 Å². The maximum atomic E-state index is 12.2. The Hall–Kier alpha value is -2.84. The number of hydrogen-bond donors (Lipinski definition) is 6. The van der Waals surface area contributed by atoms with E-state index in [2.05, 4.69) is 9.44 Å². The molecule has 0 heterocycles. The van der Waals surface area contributed by atoms with Crippen LogP contribution in [0.25, 0.3) is 0 Å². The SMILES string of the molecule is N=C(N)c1ccc(S(=O)(=O)NCCOCCNS(=O)(=O)c2ccc(C(=N)N)cc2)cc1. The molecule has 0 aliphatic heterocycles. The number of hydrogen-bond acceptors (Lipinski definition) is 7. The van der Waals surface area contributed by atoms with Gasteiger partial charge in [0.15, 0.2) is 0 Å². The zero-order chi connectivity index (χ0) is 23.1. The zero-order valence-electron chi connectivity index (χ0n) is 16.5. The molecule has 11 nitrogen and oxygen atoms in total. The number of benzene rings is 2. The maximum Gasteiger partial charge on any atom is 0.240 e. The minimum atomic E-state index is -3.74. The first-order valence-corrected chi connectivity index (χ1v) is 12.0. The van der Waals surface area contributed by atoms with Crippen molar-refractivity contribution in [1.82, 2.24) is 9.44 Å². The third-order valence-corrected chi connectivity index (χ3v) is 6.98. The van der Waals surface area contributed by atoms with Crippen LogP contribution in [0.1, 0.15) is 11.1 Å². The van der Waals surface area contributed by atoms with Crippen LogP contribution in [0.15, 0.2) is 58.3 Å². The third-order valence-electron chi connectivity index (χ3n) is 4.03. The summed E-state index contributed by atoms with van der Waals surface area (Å²) in [4.78, 5) is 0.0575. The topological polar surface area (TPSA) is 201 Å². The van der Waals surface area contributed by atoms with E-state index in [9.17, 15) is 16.8 Å². The lowest BCUT2D eigenvalue weighted by Gasteiger charge is -2.09. The van der Waals surface area contributed by atoms with Crippen molar-refractivity contribution < 1.29 is 21.6 Å². The predicted molar refractivity (Wildman–Crippen MR) is 116 cm³/mol. The van der Waals surface area contributed by atoms with Crippen molar-refractivity contribution >= 4 is 31.7 Å². The average molecular weight is 469 g/mol. The second-order valence-corrected chi connectivity index (χ2v) is 9.82. The number of rotatable bonds is 12. The first-order valence-electron chi connectivity index (χ1n) is 8.99. The number of sulfonamides is 2. The molecule has 2 rings (SSSR count). The summed E-state index contributed by atoms with van der Waals surface area (Å²) in [7, 11) is -7.48. The molecule has 2 aromatic carbocycles. The van der Waals surface area contributed by atoms with Crippen LogP contribution in [0.4, 0.5) is 0 Å². The summed E-state index contributed by atoms with van der Waals surface area (Å²) >= 11 is 0. The molecular weight excluding hydrogens is 444 g/mol. The number of nitrogens with two attached hydrogens (primary N) is 2. The lowest BCUT2D eigenvalue weighted by molar-refractivity contribution is 0.144. The minimum absolute atomic E-state index is 0.00392. The molecule has 0 aliphatic carbocycles. The average Bonchev–Trinajstić information content (AvgIpc) is 2.73. The van der Waals surface area contributed by atoms with Gasteiger partial charge in [-0.15, -0.1) is 0 Å². The van der Waals surface area contributed by atoms with Gasteiger partial charge in [-0.25, -0.2) is 26.3 Å². The zero-order valence-corrected chi connectivity index (χ0v) is 18.1. The van der Waals surface area contributed by atoms with E-state index < -0.39 is 20.0 Å². The Morgan fingerprint density at radius 1 is 0.710 bits per heavy atom. The van der Waals surface area contributed by atoms with E-state index in [-0.39, 0.29) is 47.8 Å². The lowest BCUT2D eigenvalue weighted by atomic mass is 10.2. The Bertz CT molecular complexity index is 1040. The Kier molecular flexibility index (Phi) is 8.24. The lowest BCUT2D eigenvalue weighted by Crippen LogP contribution is -2.30. The summed E-state index contributed by atoms with van der Waals surface area (Å²) in [5.41, 5.74) is 11.5. The van der Waals surface area contributed by atoms with E-state index in [0.717, 1.165) is 0 Å². The monoisotopic (exact) mass is 468 g/mol. The molecule has 8 N–H and O–H groups in total. The van der Waals surface area contributed by atoms with Crippen molar-refractivity contribution in [1.29, 1.82) is 10.8 Å². The fourth-order valence-corrected chi connectivity index (χ4v) is 4.42. The highest BCUT2D eigenvalue weighted by atomic mass is 32.2.